The Kier molecular flexibility index (Phi) is 6.49. The summed E-state index contributed by atoms with van der Waals surface area (Å²) >= 11 is 4.69. The van der Waals surface area contributed by atoms with Crippen molar-refractivity contribution in [2.24, 2.45) is 0 Å². The largest absolute Gasteiger partial charge is 0.465 e. The van der Waals surface area contributed by atoms with Crippen molar-refractivity contribution in [3.05, 3.63) is 22.8 Å². The number of ether oxygens (including phenoxy) is 1. The van der Waals surface area contributed by atoms with Gasteiger partial charge in [-0.05, 0) is 34.5 Å². The van der Waals surface area contributed by atoms with E-state index >= 15 is 0 Å². The lowest BCUT2D eigenvalue weighted by molar-refractivity contribution is -0.140. The van der Waals surface area contributed by atoms with Crippen LogP contribution in [0.25, 0.3) is 0 Å². The second-order valence-electron chi connectivity index (χ2n) is 3.18. The van der Waals surface area contributed by atoms with Crippen LogP contribution in [0.3, 0.4) is 0 Å². The van der Waals surface area contributed by atoms with Crippen LogP contribution in [0, 0.1) is 0 Å². The van der Waals surface area contributed by atoms with Crippen molar-refractivity contribution < 1.29 is 9.53 Å². The van der Waals surface area contributed by atoms with E-state index in [0.717, 1.165) is 22.3 Å². The van der Waals surface area contributed by atoms with E-state index in [2.05, 4.69) is 27.8 Å². The molecule has 0 bridgehead atoms. The third kappa shape index (κ3) is 5.51. The fraction of sp³-hybridized carbons (Fsp3) is 0.455. The maximum Gasteiger partial charge on any atom is 0.316 e. The first-order valence-electron chi connectivity index (χ1n) is 5.12. The van der Waals surface area contributed by atoms with Gasteiger partial charge in [0.05, 0.1) is 17.4 Å². The molecule has 0 saturated carbocycles. The van der Waals surface area contributed by atoms with Crippen molar-refractivity contribution in [3.63, 3.8) is 0 Å². The van der Waals surface area contributed by atoms with Crippen molar-refractivity contribution in [1.82, 2.24) is 4.98 Å². The van der Waals surface area contributed by atoms with Crippen LogP contribution in [-0.4, -0.2) is 23.3 Å². The Morgan fingerprint density at radius 3 is 3.00 bits per heavy atom. The number of aromatic nitrogens is 1. The average Bonchev–Trinajstić information content (AvgIpc) is 2.29. The van der Waals surface area contributed by atoms with Gasteiger partial charge >= 0.3 is 5.97 Å². The Morgan fingerprint density at radius 1 is 1.56 bits per heavy atom. The molecular formula is C11H14BrNO2S. The molecule has 88 valence electrons. The van der Waals surface area contributed by atoms with Crippen LogP contribution >= 0.6 is 27.7 Å². The number of esters is 1. The van der Waals surface area contributed by atoms with Gasteiger partial charge < -0.3 is 4.74 Å². The quantitative estimate of drug-likeness (QED) is 0.459. The summed E-state index contributed by atoms with van der Waals surface area (Å²) in [6, 6.07) is 3.77. The summed E-state index contributed by atoms with van der Waals surface area (Å²) in [6.07, 6.45) is 3.67. The van der Waals surface area contributed by atoms with Gasteiger partial charge in [0.1, 0.15) is 0 Å². The second kappa shape index (κ2) is 7.68. The van der Waals surface area contributed by atoms with Crippen LogP contribution in [0.15, 0.2) is 27.8 Å². The molecule has 1 aromatic rings. The molecule has 5 heteroatoms. The van der Waals surface area contributed by atoms with E-state index in [1.807, 2.05) is 12.1 Å². The zero-order valence-electron chi connectivity index (χ0n) is 9.11. The van der Waals surface area contributed by atoms with Crippen molar-refractivity contribution in [3.8, 4) is 0 Å². The maximum atomic E-state index is 11.3. The lowest BCUT2D eigenvalue weighted by atomic mass is 10.4. The molecule has 0 unspecified atom stereocenters. The predicted molar refractivity (Wildman–Crippen MR) is 68.5 cm³/mol. The van der Waals surface area contributed by atoms with Gasteiger partial charge in [-0.1, -0.05) is 25.1 Å². The van der Waals surface area contributed by atoms with Crippen molar-refractivity contribution >= 4 is 33.7 Å². The summed E-state index contributed by atoms with van der Waals surface area (Å²) < 4.78 is 5.96. The second-order valence-corrected chi connectivity index (χ2v) is 5.09. The van der Waals surface area contributed by atoms with Crippen LogP contribution in [0.4, 0.5) is 0 Å². The first-order valence-corrected chi connectivity index (χ1v) is 6.90. The molecule has 0 aliphatic heterocycles. The lowest BCUT2D eigenvalue weighted by Crippen LogP contribution is -2.08. The summed E-state index contributed by atoms with van der Waals surface area (Å²) in [5.74, 6) is 0.140. The third-order valence-electron chi connectivity index (χ3n) is 1.80. The SMILES string of the molecule is CCCCOC(=O)CSc1ccc(Br)cn1. The summed E-state index contributed by atoms with van der Waals surface area (Å²) in [7, 11) is 0. The standard InChI is InChI=1S/C11H14BrNO2S/c1-2-3-6-15-11(14)8-16-10-5-4-9(12)7-13-10/h4-5,7H,2-3,6,8H2,1H3. The highest BCUT2D eigenvalue weighted by atomic mass is 79.9. The van der Waals surface area contributed by atoms with Gasteiger partial charge in [0.2, 0.25) is 0 Å². The molecule has 1 aromatic heterocycles. The highest BCUT2D eigenvalue weighted by Crippen LogP contribution is 2.17. The minimum absolute atomic E-state index is 0.178. The van der Waals surface area contributed by atoms with Crippen molar-refractivity contribution in [2.45, 2.75) is 24.8 Å². The Bertz CT molecular complexity index is 329. The lowest BCUT2D eigenvalue weighted by Gasteiger charge is -2.03. The predicted octanol–water partition coefficient (Wildman–Crippen LogP) is 3.28. The number of hydrogen-bond acceptors (Lipinski definition) is 4. The van der Waals surface area contributed by atoms with E-state index in [9.17, 15) is 4.79 Å². The van der Waals surface area contributed by atoms with Gasteiger partial charge in [0, 0.05) is 10.7 Å². The molecule has 1 rings (SSSR count). The van der Waals surface area contributed by atoms with E-state index in [-0.39, 0.29) is 5.97 Å². The average molecular weight is 304 g/mol. The highest BCUT2D eigenvalue weighted by molar-refractivity contribution is 9.10. The van der Waals surface area contributed by atoms with Gasteiger partial charge in [0.15, 0.2) is 0 Å². The zero-order chi connectivity index (χ0) is 11.8. The topological polar surface area (TPSA) is 39.2 Å². The molecule has 16 heavy (non-hydrogen) atoms. The van der Waals surface area contributed by atoms with E-state index in [1.54, 1.807) is 6.20 Å². The van der Waals surface area contributed by atoms with Crippen molar-refractivity contribution in [1.29, 1.82) is 0 Å². The molecule has 0 atom stereocenters. The first-order chi connectivity index (χ1) is 7.72. The Labute approximate surface area is 108 Å². The summed E-state index contributed by atoms with van der Waals surface area (Å²) in [5.41, 5.74) is 0. The molecule has 3 nitrogen and oxygen atoms in total. The molecule has 0 amide bonds. The minimum Gasteiger partial charge on any atom is -0.465 e. The minimum atomic E-state index is -0.178. The number of halogens is 1. The number of pyridine rings is 1. The number of nitrogens with zero attached hydrogens (tertiary/aromatic N) is 1. The molecular weight excluding hydrogens is 290 g/mol. The molecule has 1 heterocycles. The van der Waals surface area contributed by atoms with E-state index in [1.165, 1.54) is 11.8 Å². The number of rotatable bonds is 6. The first kappa shape index (κ1) is 13.5. The molecule has 0 aliphatic carbocycles. The van der Waals surface area contributed by atoms with Gasteiger partial charge in [-0.3, -0.25) is 4.79 Å². The molecule has 0 spiro atoms. The van der Waals surface area contributed by atoms with Crippen LogP contribution in [-0.2, 0) is 9.53 Å². The normalized spacial score (nSPS) is 10.1. The summed E-state index contributed by atoms with van der Waals surface area (Å²) in [6.45, 7) is 2.58. The molecule has 0 N–H and O–H groups in total. The van der Waals surface area contributed by atoms with Gasteiger partial charge in [-0.2, -0.15) is 0 Å². The molecule has 0 fully saturated rings. The fourth-order valence-electron chi connectivity index (χ4n) is 0.953. The van der Waals surface area contributed by atoms with Crippen molar-refractivity contribution in [2.75, 3.05) is 12.4 Å². The van der Waals surface area contributed by atoms with E-state index < -0.39 is 0 Å². The van der Waals surface area contributed by atoms with Crippen LogP contribution in [0.2, 0.25) is 0 Å². The number of thioether (sulfide) groups is 1. The highest BCUT2D eigenvalue weighted by Gasteiger charge is 2.04. The Hall–Kier alpha value is -0.550. The van der Waals surface area contributed by atoms with Gasteiger partial charge in [-0.15, -0.1) is 0 Å². The van der Waals surface area contributed by atoms with Crippen LogP contribution in [0.5, 0.6) is 0 Å². The summed E-state index contributed by atoms with van der Waals surface area (Å²) in [5, 5.41) is 0.829. The molecule has 0 saturated heterocycles. The molecule has 0 aromatic carbocycles. The summed E-state index contributed by atoms with van der Waals surface area (Å²) in [4.78, 5) is 15.4. The number of carbonyl (C=O) groups excluding carboxylic acids is 1. The maximum absolute atomic E-state index is 11.3. The number of hydrogen-bond donors (Lipinski definition) is 0. The number of unbranched alkanes of at least 4 members (excludes halogenated alkanes) is 1. The van der Waals surface area contributed by atoms with Gasteiger partial charge in [0.25, 0.3) is 0 Å². The molecule has 0 radical (unpaired) electrons. The van der Waals surface area contributed by atoms with E-state index in [0.29, 0.717) is 12.4 Å². The van der Waals surface area contributed by atoms with E-state index in [4.69, 9.17) is 4.74 Å². The molecule has 0 aliphatic rings. The number of carbonyl (C=O) groups is 1. The third-order valence-corrected chi connectivity index (χ3v) is 3.19. The fourth-order valence-corrected chi connectivity index (χ4v) is 1.83. The zero-order valence-corrected chi connectivity index (χ0v) is 11.5. The van der Waals surface area contributed by atoms with Gasteiger partial charge in [-0.25, -0.2) is 4.98 Å². The Balaban J connectivity index is 2.23. The smallest absolute Gasteiger partial charge is 0.316 e. The van der Waals surface area contributed by atoms with Crippen LogP contribution < -0.4 is 0 Å². The Morgan fingerprint density at radius 2 is 2.38 bits per heavy atom. The monoisotopic (exact) mass is 303 g/mol. The van der Waals surface area contributed by atoms with Crippen LogP contribution in [0.1, 0.15) is 19.8 Å².